The highest BCUT2D eigenvalue weighted by Crippen LogP contribution is 2.24. The maximum atomic E-state index is 12.2. The summed E-state index contributed by atoms with van der Waals surface area (Å²) in [5.74, 6) is 1.97. The highest BCUT2D eigenvalue weighted by atomic mass is 16.2. The lowest BCUT2D eigenvalue weighted by Gasteiger charge is -2.32. The number of fused-ring (bicyclic) bond motifs is 1. The van der Waals surface area contributed by atoms with E-state index in [1.165, 1.54) is 0 Å². The van der Waals surface area contributed by atoms with Gasteiger partial charge in [0.1, 0.15) is 17.3 Å². The van der Waals surface area contributed by atoms with Crippen molar-refractivity contribution in [1.29, 1.82) is 0 Å². The summed E-state index contributed by atoms with van der Waals surface area (Å²) in [6, 6.07) is 0.270. The van der Waals surface area contributed by atoms with E-state index in [1.54, 1.807) is 6.92 Å². The molecule has 2 amide bonds. The highest BCUT2D eigenvalue weighted by molar-refractivity contribution is 5.96. The first-order valence-electron chi connectivity index (χ1n) is 9.14. The monoisotopic (exact) mass is 345 g/mol. The predicted molar refractivity (Wildman–Crippen MR) is 95.5 cm³/mol. The second-order valence-corrected chi connectivity index (χ2v) is 7.34. The summed E-state index contributed by atoms with van der Waals surface area (Å²) in [6.45, 7) is 8.00. The second kappa shape index (κ2) is 7.37. The third-order valence-electron chi connectivity index (χ3n) is 4.80. The van der Waals surface area contributed by atoms with Crippen molar-refractivity contribution in [3.8, 4) is 0 Å². The van der Waals surface area contributed by atoms with Gasteiger partial charge in [0.25, 0.3) is 5.91 Å². The minimum Gasteiger partial charge on any atom is -0.367 e. The zero-order valence-electron chi connectivity index (χ0n) is 15.3. The van der Waals surface area contributed by atoms with Gasteiger partial charge in [0.2, 0.25) is 5.91 Å². The van der Waals surface area contributed by atoms with Gasteiger partial charge in [0.05, 0.1) is 0 Å². The zero-order valence-corrected chi connectivity index (χ0v) is 15.3. The van der Waals surface area contributed by atoms with Gasteiger partial charge in [0, 0.05) is 44.6 Å². The molecule has 0 unspecified atom stereocenters. The number of rotatable bonds is 4. The Kier molecular flexibility index (Phi) is 5.20. The number of nitrogens with zero attached hydrogens (tertiary/aromatic N) is 3. The van der Waals surface area contributed by atoms with Gasteiger partial charge in [-0.05, 0) is 25.2 Å². The summed E-state index contributed by atoms with van der Waals surface area (Å²) in [7, 11) is 0. The van der Waals surface area contributed by atoms with Crippen LogP contribution in [0.3, 0.4) is 0 Å². The van der Waals surface area contributed by atoms with E-state index in [0.717, 1.165) is 56.0 Å². The van der Waals surface area contributed by atoms with Crippen LogP contribution in [0.2, 0.25) is 0 Å². The van der Waals surface area contributed by atoms with Crippen LogP contribution in [-0.4, -0.2) is 52.4 Å². The number of hydrogen-bond acceptors (Lipinski definition) is 5. The highest BCUT2D eigenvalue weighted by Gasteiger charge is 2.26. The van der Waals surface area contributed by atoms with E-state index in [0.29, 0.717) is 18.2 Å². The van der Waals surface area contributed by atoms with Gasteiger partial charge >= 0.3 is 0 Å². The van der Waals surface area contributed by atoms with Crippen LogP contribution in [0.25, 0.3) is 0 Å². The maximum Gasteiger partial charge on any atom is 0.270 e. The Morgan fingerprint density at radius 1 is 1.32 bits per heavy atom. The van der Waals surface area contributed by atoms with Crippen LogP contribution in [0, 0.1) is 5.92 Å². The van der Waals surface area contributed by atoms with Gasteiger partial charge in [-0.15, -0.1) is 0 Å². The number of carbonyl (C=O) groups excluding carboxylic acids is 2. The number of hydrogen-bond donors (Lipinski definition) is 2. The van der Waals surface area contributed by atoms with Gasteiger partial charge in [-0.25, -0.2) is 9.97 Å². The van der Waals surface area contributed by atoms with E-state index in [9.17, 15) is 9.59 Å². The van der Waals surface area contributed by atoms with Crippen LogP contribution in [0.4, 0.5) is 5.82 Å². The minimum atomic E-state index is -0.108. The fourth-order valence-electron chi connectivity index (χ4n) is 3.45. The summed E-state index contributed by atoms with van der Waals surface area (Å²) in [5.41, 5.74) is 1.44. The third kappa shape index (κ3) is 4.08. The summed E-state index contributed by atoms with van der Waals surface area (Å²) in [4.78, 5) is 34.8. The molecule has 1 aromatic heterocycles. The normalized spacial score (nSPS) is 18.1. The van der Waals surface area contributed by atoms with Crippen LogP contribution < -0.4 is 10.6 Å². The van der Waals surface area contributed by atoms with Gasteiger partial charge in [-0.1, -0.05) is 13.8 Å². The lowest BCUT2D eigenvalue weighted by molar-refractivity contribution is -0.129. The largest absolute Gasteiger partial charge is 0.367 e. The standard InChI is InChI=1S/C18H27N5O2/c1-11(2)10-15-21-16-14(4-7-19-18(16)25)17(22-15)20-13-5-8-23(9-6-13)12(3)24/h11,13H,4-10H2,1-3H3,(H,19,25)(H,20,21,22). The van der Waals surface area contributed by atoms with E-state index < -0.39 is 0 Å². The van der Waals surface area contributed by atoms with E-state index in [1.807, 2.05) is 4.90 Å². The molecule has 0 atom stereocenters. The first-order valence-corrected chi connectivity index (χ1v) is 9.14. The molecular weight excluding hydrogens is 318 g/mol. The smallest absolute Gasteiger partial charge is 0.270 e. The fourth-order valence-corrected chi connectivity index (χ4v) is 3.45. The summed E-state index contributed by atoms with van der Waals surface area (Å²) < 4.78 is 0. The Labute approximate surface area is 148 Å². The van der Waals surface area contributed by atoms with Crippen molar-refractivity contribution in [2.24, 2.45) is 5.92 Å². The lowest BCUT2D eigenvalue weighted by atomic mass is 10.0. The molecule has 2 aliphatic rings. The molecular formula is C18H27N5O2. The SMILES string of the molecule is CC(=O)N1CCC(Nc2nc(CC(C)C)nc3c2CCNC3=O)CC1. The van der Waals surface area contributed by atoms with E-state index in [2.05, 4.69) is 29.5 Å². The molecule has 0 bridgehead atoms. The molecule has 7 heteroatoms. The number of anilines is 1. The van der Waals surface area contributed by atoms with Crippen LogP contribution >= 0.6 is 0 Å². The fraction of sp³-hybridized carbons (Fsp3) is 0.667. The van der Waals surface area contributed by atoms with Crippen molar-refractivity contribution < 1.29 is 9.59 Å². The minimum absolute atomic E-state index is 0.108. The van der Waals surface area contributed by atoms with Gasteiger partial charge in [-0.2, -0.15) is 0 Å². The van der Waals surface area contributed by atoms with Gasteiger partial charge in [0.15, 0.2) is 0 Å². The first kappa shape index (κ1) is 17.6. The Morgan fingerprint density at radius 3 is 2.68 bits per heavy atom. The molecule has 0 aromatic carbocycles. The number of likely N-dealkylation sites (tertiary alicyclic amines) is 1. The number of carbonyl (C=O) groups is 2. The number of piperidine rings is 1. The van der Waals surface area contributed by atoms with Crippen LogP contribution in [0.15, 0.2) is 0 Å². The molecule has 1 saturated heterocycles. The second-order valence-electron chi connectivity index (χ2n) is 7.34. The Hall–Kier alpha value is -2.18. The molecule has 0 radical (unpaired) electrons. The Balaban J connectivity index is 1.81. The van der Waals surface area contributed by atoms with Crippen molar-refractivity contribution in [3.63, 3.8) is 0 Å². The molecule has 7 nitrogen and oxygen atoms in total. The molecule has 25 heavy (non-hydrogen) atoms. The molecule has 2 N–H and O–H groups in total. The average Bonchev–Trinajstić information content (AvgIpc) is 2.56. The first-order chi connectivity index (χ1) is 11.9. The maximum absolute atomic E-state index is 12.2. The number of amides is 2. The topological polar surface area (TPSA) is 87.2 Å². The summed E-state index contributed by atoms with van der Waals surface area (Å²) in [5, 5.41) is 6.40. The summed E-state index contributed by atoms with van der Waals surface area (Å²) >= 11 is 0. The number of aromatic nitrogens is 2. The van der Waals surface area contributed by atoms with E-state index in [4.69, 9.17) is 4.98 Å². The molecule has 2 aliphatic heterocycles. The third-order valence-corrected chi connectivity index (χ3v) is 4.80. The Bertz CT molecular complexity index is 666. The van der Waals surface area contributed by atoms with Gasteiger partial charge in [-0.3, -0.25) is 9.59 Å². The average molecular weight is 345 g/mol. The number of nitrogens with one attached hydrogen (secondary N) is 2. The van der Waals surface area contributed by atoms with E-state index in [-0.39, 0.29) is 17.9 Å². The Morgan fingerprint density at radius 2 is 2.04 bits per heavy atom. The molecule has 3 heterocycles. The van der Waals surface area contributed by atoms with Crippen molar-refractivity contribution in [2.45, 2.75) is 52.5 Å². The van der Waals surface area contributed by atoms with Gasteiger partial charge < -0.3 is 15.5 Å². The van der Waals surface area contributed by atoms with Crippen LogP contribution in [-0.2, 0) is 17.6 Å². The van der Waals surface area contributed by atoms with Crippen molar-refractivity contribution in [3.05, 3.63) is 17.1 Å². The quantitative estimate of drug-likeness (QED) is 0.861. The van der Waals surface area contributed by atoms with Crippen LogP contribution in [0.1, 0.15) is 55.5 Å². The lowest BCUT2D eigenvalue weighted by Crippen LogP contribution is -2.42. The molecule has 0 aliphatic carbocycles. The van der Waals surface area contributed by atoms with Crippen molar-refractivity contribution >= 4 is 17.6 Å². The molecule has 1 fully saturated rings. The van der Waals surface area contributed by atoms with Crippen molar-refractivity contribution in [2.75, 3.05) is 25.0 Å². The van der Waals surface area contributed by atoms with E-state index >= 15 is 0 Å². The van der Waals surface area contributed by atoms with Crippen LogP contribution in [0.5, 0.6) is 0 Å². The summed E-state index contributed by atoms with van der Waals surface area (Å²) in [6.07, 6.45) is 3.28. The molecule has 3 rings (SSSR count). The molecule has 0 saturated carbocycles. The molecule has 1 aromatic rings. The molecule has 0 spiro atoms. The zero-order chi connectivity index (χ0) is 18.0. The van der Waals surface area contributed by atoms with Crippen molar-refractivity contribution in [1.82, 2.24) is 20.2 Å². The molecule has 136 valence electrons. The predicted octanol–water partition coefficient (Wildman–Crippen LogP) is 1.38.